The molecule has 3 nitrogen and oxygen atoms in total. The van der Waals surface area contributed by atoms with Crippen LogP contribution in [0.5, 0.6) is 0 Å². The summed E-state index contributed by atoms with van der Waals surface area (Å²) in [6, 6.07) is 9.17. The van der Waals surface area contributed by atoms with Gasteiger partial charge in [0.25, 0.3) is 11.7 Å². The van der Waals surface area contributed by atoms with Crippen molar-refractivity contribution in [1.82, 2.24) is 0 Å². The molecule has 0 radical (unpaired) electrons. The Morgan fingerprint density at radius 3 is 2.78 bits per heavy atom. The van der Waals surface area contributed by atoms with E-state index in [9.17, 15) is 9.59 Å². The zero-order valence-electron chi connectivity index (χ0n) is 9.22. The number of thiophene rings is 1. The maximum atomic E-state index is 12.0. The van der Waals surface area contributed by atoms with Gasteiger partial charge < -0.3 is 0 Å². The number of ketones is 1. The summed E-state index contributed by atoms with van der Waals surface area (Å²) in [6.45, 7) is 0.450. The molecule has 0 unspecified atom stereocenters. The zero-order chi connectivity index (χ0) is 12.7. The molecule has 2 aromatic rings. The third kappa shape index (κ3) is 1.79. The van der Waals surface area contributed by atoms with Crippen LogP contribution in [0.3, 0.4) is 0 Å². The molecular formula is C13H8BrNO2S. The van der Waals surface area contributed by atoms with Crippen LogP contribution in [0, 0.1) is 0 Å². The Morgan fingerprint density at radius 2 is 2.06 bits per heavy atom. The summed E-state index contributed by atoms with van der Waals surface area (Å²) in [4.78, 5) is 26.4. The van der Waals surface area contributed by atoms with Gasteiger partial charge in [0, 0.05) is 9.35 Å². The highest BCUT2D eigenvalue weighted by molar-refractivity contribution is 9.10. The number of nitrogens with zero attached hydrogens (tertiary/aromatic N) is 1. The molecule has 0 saturated heterocycles. The van der Waals surface area contributed by atoms with E-state index in [2.05, 4.69) is 15.9 Å². The number of amides is 1. The van der Waals surface area contributed by atoms with Gasteiger partial charge in [0.2, 0.25) is 0 Å². The molecule has 18 heavy (non-hydrogen) atoms. The largest absolute Gasteiger partial charge is 0.299 e. The van der Waals surface area contributed by atoms with Crippen molar-refractivity contribution >= 4 is 44.6 Å². The Hall–Kier alpha value is -1.46. The normalized spacial score (nSPS) is 14.2. The van der Waals surface area contributed by atoms with E-state index < -0.39 is 11.7 Å². The number of hydrogen-bond donors (Lipinski definition) is 0. The maximum absolute atomic E-state index is 12.0. The van der Waals surface area contributed by atoms with Crippen molar-refractivity contribution in [3.8, 4) is 0 Å². The lowest BCUT2D eigenvalue weighted by molar-refractivity contribution is -0.114. The highest BCUT2D eigenvalue weighted by Gasteiger charge is 2.35. The van der Waals surface area contributed by atoms with E-state index in [1.165, 1.54) is 4.90 Å². The minimum atomic E-state index is -0.448. The lowest BCUT2D eigenvalue weighted by Crippen LogP contribution is -2.28. The summed E-state index contributed by atoms with van der Waals surface area (Å²) < 4.78 is 0.861. The Balaban J connectivity index is 2.03. The van der Waals surface area contributed by atoms with Gasteiger partial charge in [-0.2, -0.15) is 0 Å². The number of rotatable bonds is 2. The third-order valence-electron chi connectivity index (χ3n) is 2.83. The molecule has 1 aromatic heterocycles. The molecule has 0 saturated carbocycles. The fraction of sp³-hybridized carbons (Fsp3) is 0.0769. The summed E-state index contributed by atoms with van der Waals surface area (Å²) in [5.74, 6) is -0.870. The minimum absolute atomic E-state index is 0.422. The molecule has 0 N–H and O–H groups in total. The molecule has 1 amide bonds. The van der Waals surface area contributed by atoms with Crippen molar-refractivity contribution in [2.75, 3.05) is 4.90 Å². The van der Waals surface area contributed by atoms with Gasteiger partial charge in [-0.05, 0) is 29.6 Å². The van der Waals surface area contributed by atoms with Gasteiger partial charge in [0.1, 0.15) is 0 Å². The number of carbonyl (C=O) groups is 2. The molecule has 0 spiro atoms. The first-order valence-electron chi connectivity index (χ1n) is 5.35. The quantitative estimate of drug-likeness (QED) is 0.796. The van der Waals surface area contributed by atoms with Gasteiger partial charge in [-0.3, -0.25) is 14.5 Å². The van der Waals surface area contributed by atoms with E-state index in [4.69, 9.17) is 0 Å². The van der Waals surface area contributed by atoms with Gasteiger partial charge in [0.15, 0.2) is 0 Å². The molecule has 2 heterocycles. The van der Waals surface area contributed by atoms with Crippen LogP contribution in [0.1, 0.15) is 15.2 Å². The van der Waals surface area contributed by atoms with Crippen LogP contribution in [0.15, 0.2) is 40.2 Å². The van der Waals surface area contributed by atoms with E-state index in [1.807, 2.05) is 23.6 Å². The number of Topliss-reactive ketones (excluding diaryl/α,β-unsaturated/α-hetero) is 1. The summed E-state index contributed by atoms with van der Waals surface area (Å²) in [6.07, 6.45) is 0. The van der Waals surface area contributed by atoms with E-state index in [-0.39, 0.29) is 0 Å². The molecule has 1 aliphatic rings. The molecule has 5 heteroatoms. The highest BCUT2D eigenvalue weighted by atomic mass is 79.9. The molecule has 90 valence electrons. The van der Waals surface area contributed by atoms with Crippen molar-refractivity contribution < 1.29 is 9.59 Å². The Bertz CT molecular complexity index is 636. The van der Waals surface area contributed by atoms with Crippen LogP contribution in [-0.2, 0) is 11.3 Å². The molecule has 1 aromatic carbocycles. The number of fused-ring (bicyclic) bond motifs is 1. The number of carbonyl (C=O) groups excluding carboxylic acids is 2. The first-order valence-corrected chi connectivity index (χ1v) is 7.02. The van der Waals surface area contributed by atoms with E-state index in [0.29, 0.717) is 17.8 Å². The number of hydrogen-bond acceptors (Lipinski definition) is 3. The summed E-state index contributed by atoms with van der Waals surface area (Å²) >= 11 is 4.94. The van der Waals surface area contributed by atoms with Gasteiger partial charge in [-0.15, -0.1) is 11.3 Å². The molecule has 0 bridgehead atoms. The topological polar surface area (TPSA) is 37.4 Å². The predicted molar refractivity (Wildman–Crippen MR) is 74.0 cm³/mol. The van der Waals surface area contributed by atoms with Crippen LogP contribution < -0.4 is 4.90 Å². The average molecular weight is 322 g/mol. The van der Waals surface area contributed by atoms with Crippen molar-refractivity contribution in [1.29, 1.82) is 0 Å². The van der Waals surface area contributed by atoms with Crippen molar-refractivity contribution in [3.63, 3.8) is 0 Å². The highest BCUT2D eigenvalue weighted by Crippen LogP contribution is 2.33. The van der Waals surface area contributed by atoms with Crippen LogP contribution in [-0.4, -0.2) is 11.7 Å². The summed E-state index contributed by atoms with van der Waals surface area (Å²) in [5.41, 5.74) is 1.17. The lowest BCUT2D eigenvalue weighted by Gasteiger charge is -2.15. The third-order valence-corrected chi connectivity index (χ3v) is 4.18. The molecule has 1 aliphatic heterocycles. The molecule has 3 rings (SSSR count). The first kappa shape index (κ1) is 11.6. The average Bonchev–Trinajstić information content (AvgIpc) is 2.93. The van der Waals surface area contributed by atoms with Gasteiger partial charge in [-0.1, -0.05) is 22.0 Å². The Kier molecular flexibility index (Phi) is 2.80. The first-order chi connectivity index (χ1) is 8.66. The van der Waals surface area contributed by atoms with Crippen molar-refractivity contribution in [3.05, 3.63) is 50.6 Å². The fourth-order valence-electron chi connectivity index (χ4n) is 1.98. The summed E-state index contributed by atoms with van der Waals surface area (Å²) in [7, 11) is 0. The van der Waals surface area contributed by atoms with Crippen LogP contribution in [0.4, 0.5) is 5.69 Å². The van der Waals surface area contributed by atoms with Gasteiger partial charge in [0.05, 0.1) is 17.8 Å². The SMILES string of the molecule is O=C1C(=O)N(Cc2cccs2)c2cc(Br)ccc21. The molecular weight excluding hydrogens is 314 g/mol. The predicted octanol–water partition coefficient (Wildman–Crippen LogP) is 3.24. The van der Waals surface area contributed by atoms with Crippen molar-refractivity contribution in [2.24, 2.45) is 0 Å². The number of anilines is 1. The van der Waals surface area contributed by atoms with Crippen LogP contribution in [0.2, 0.25) is 0 Å². The zero-order valence-corrected chi connectivity index (χ0v) is 11.6. The second-order valence-electron chi connectivity index (χ2n) is 3.96. The Morgan fingerprint density at radius 1 is 1.22 bits per heavy atom. The smallest absolute Gasteiger partial charge is 0.299 e. The molecule has 0 fully saturated rings. The number of halogens is 1. The van der Waals surface area contributed by atoms with Crippen LogP contribution >= 0.6 is 27.3 Å². The standard InChI is InChI=1S/C13H8BrNO2S/c14-8-3-4-10-11(6-8)15(13(17)12(10)16)7-9-2-1-5-18-9/h1-6H,7H2. The number of benzene rings is 1. The minimum Gasteiger partial charge on any atom is -0.299 e. The second kappa shape index (κ2) is 4.33. The van der Waals surface area contributed by atoms with E-state index in [1.54, 1.807) is 23.5 Å². The monoisotopic (exact) mass is 321 g/mol. The fourth-order valence-corrected chi connectivity index (χ4v) is 3.02. The van der Waals surface area contributed by atoms with E-state index >= 15 is 0 Å². The van der Waals surface area contributed by atoms with Crippen LogP contribution in [0.25, 0.3) is 0 Å². The molecule has 0 atom stereocenters. The van der Waals surface area contributed by atoms with Crippen molar-refractivity contribution in [2.45, 2.75) is 6.54 Å². The summed E-state index contributed by atoms with van der Waals surface area (Å²) in [5, 5.41) is 1.96. The Labute approximate surface area is 116 Å². The molecule has 0 aliphatic carbocycles. The van der Waals surface area contributed by atoms with E-state index in [0.717, 1.165) is 9.35 Å². The second-order valence-corrected chi connectivity index (χ2v) is 5.91. The maximum Gasteiger partial charge on any atom is 0.299 e. The van der Waals surface area contributed by atoms with Gasteiger partial charge >= 0.3 is 0 Å². The lowest BCUT2D eigenvalue weighted by atomic mass is 10.1. The van der Waals surface area contributed by atoms with Gasteiger partial charge in [-0.25, -0.2) is 0 Å².